The number of hydrogen-bond donors (Lipinski definition) is 2. The molecular formula is C17H19ClN6O2. The van der Waals surface area contributed by atoms with E-state index >= 15 is 0 Å². The summed E-state index contributed by atoms with van der Waals surface area (Å²) in [5, 5.41) is 9.96. The first-order valence-corrected chi connectivity index (χ1v) is 8.90. The van der Waals surface area contributed by atoms with E-state index in [9.17, 15) is 9.59 Å². The van der Waals surface area contributed by atoms with Crippen LogP contribution in [0.15, 0.2) is 17.1 Å². The molecule has 9 heteroatoms. The van der Waals surface area contributed by atoms with Gasteiger partial charge in [-0.25, -0.2) is 9.50 Å². The summed E-state index contributed by atoms with van der Waals surface area (Å²) in [6, 6.07) is 1.90. The Morgan fingerprint density at radius 3 is 2.92 bits per heavy atom. The molecule has 3 aromatic rings. The molecule has 3 aromatic heterocycles. The highest BCUT2D eigenvalue weighted by Crippen LogP contribution is 2.28. The molecule has 0 bridgehead atoms. The van der Waals surface area contributed by atoms with Crippen molar-refractivity contribution in [1.29, 1.82) is 0 Å². The lowest BCUT2D eigenvalue weighted by Crippen LogP contribution is -2.39. The zero-order valence-electron chi connectivity index (χ0n) is 14.5. The van der Waals surface area contributed by atoms with Gasteiger partial charge in [0.15, 0.2) is 5.65 Å². The molecule has 0 spiro atoms. The molecule has 0 aromatic carbocycles. The third-order valence-corrected chi connectivity index (χ3v) is 5.35. The molecule has 1 amide bonds. The summed E-state index contributed by atoms with van der Waals surface area (Å²) in [5.41, 5.74) is 3.10. The number of carbonyl (C=O) groups is 1. The van der Waals surface area contributed by atoms with Gasteiger partial charge in [0, 0.05) is 42.0 Å². The van der Waals surface area contributed by atoms with Crippen molar-refractivity contribution in [3.05, 3.63) is 50.3 Å². The summed E-state index contributed by atoms with van der Waals surface area (Å²) in [4.78, 5) is 31.3. The van der Waals surface area contributed by atoms with E-state index in [0.29, 0.717) is 35.0 Å². The number of aromatic amines is 2. The summed E-state index contributed by atoms with van der Waals surface area (Å²) in [7, 11) is 0. The Balaban J connectivity index is 1.63. The fraction of sp³-hybridized carbons (Fsp3) is 0.412. The second-order valence-electron chi connectivity index (χ2n) is 6.72. The average molecular weight is 375 g/mol. The maximum absolute atomic E-state index is 12.7. The van der Waals surface area contributed by atoms with Crippen LogP contribution in [0.5, 0.6) is 0 Å². The zero-order valence-corrected chi connectivity index (χ0v) is 15.3. The van der Waals surface area contributed by atoms with E-state index in [4.69, 9.17) is 11.6 Å². The van der Waals surface area contributed by atoms with Crippen molar-refractivity contribution in [2.45, 2.75) is 32.6 Å². The monoisotopic (exact) mass is 374 g/mol. The molecule has 136 valence electrons. The predicted octanol–water partition coefficient (Wildman–Crippen LogP) is 2.04. The second-order valence-corrected chi connectivity index (χ2v) is 7.12. The number of rotatable bonds is 2. The maximum atomic E-state index is 12.7. The van der Waals surface area contributed by atoms with Gasteiger partial charge in [-0.3, -0.25) is 19.8 Å². The number of fused-ring (bicyclic) bond motifs is 1. The van der Waals surface area contributed by atoms with E-state index < -0.39 is 0 Å². The summed E-state index contributed by atoms with van der Waals surface area (Å²) in [5.74, 6) is -0.0496. The topological polar surface area (TPSA) is 99.2 Å². The number of nitrogens with zero attached hydrogens (tertiary/aromatic N) is 4. The highest BCUT2D eigenvalue weighted by molar-refractivity contribution is 6.33. The summed E-state index contributed by atoms with van der Waals surface area (Å²) < 4.78 is 1.48. The van der Waals surface area contributed by atoms with Crippen molar-refractivity contribution < 1.29 is 4.79 Å². The van der Waals surface area contributed by atoms with Gasteiger partial charge >= 0.3 is 0 Å². The molecule has 2 N–H and O–H groups in total. The van der Waals surface area contributed by atoms with E-state index in [-0.39, 0.29) is 17.4 Å². The van der Waals surface area contributed by atoms with Crippen LogP contribution >= 0.6 is 11.6 Å². The number of halogens is 1. The van der Waals surface area contributed by atoms with Gasteiger partial charge in [0.1, 0.15) is 5.69 Å². The van der Waals surface area contributed by atoms with Gasteiger partial charge in [-0.05, 0) is 26.7 Å². The van der Waals surface area contributed by atoms with Crippen molar-refractivity contribution in [3.63, 3.8) is 0 Å². The van der Waals surface area contributed by atoms with Crippen LogP contribution in [-0.4, -0.2) is 48.7 Å². The van der Waals surface area contributed by atoms with Gasteiger partial charge in [0.25, 0.3) is 11.5 Å². The van der Waals surface area contributed by atoms with Crippen LogP contribution in [0.4, 0.5) is 0 Å². The number of H-pyrrole nitrogens is 2. The number of aromatic nitrogens is 5. The molecule has 0 aliphatic carbocycles. The van der Waals surface area contributed by atoms with Gasteiger partial charge < -0.3 is 4.90 Å². The van der Waals surface area contributed by atoms with Crippen LogP contribution in [-0.2, 0) is 0 Å². The van der Waals surface area contributed by atoms with E-state index in [1.165, 1.54) is 10.7 Å². The molecule has 8 nitrogen and oxygen atoms in total. The highest BCUT2D eigenvalue weighted by Gasteiger charge is 2.28. The number of piperidine rings is 1. The number of nitrogens with one attached hydrogen (secondary N) is 2. The minimum absolute atomic E-state index is 0.0910. The standard InChI is InChI=1S/C17H19ClN6O2/c1-9-10(2)20-14-6-13(22-24(14)16(9)25)11-4-3-5-23(8-11)17(26)15-12(18)7-19-21-15/h6-7,11,22H,3-5,8H2,1-2H3,(H,19,21). The van der Waals surface area contributed by atoms with Crippen molar-refractivity contribution in [1.82, 2.24) is 29.7 Å². The Labute approximate surface area is 154 Å². The molecule has 1 atom stereocenters. The zero-order chi connectivity index (χ0) is 18.4. The first kappa shape index (κ1) is 16.8. The van der Waals surface area contributed by atoms with Crippen LogP contribution in [0.2, 0.25) is 5.02 Å². The Morgan fingerprint density at radius 2 is 2.19 bits per heavy atom. The molecule has 1 aliphatic heterocycles. The second kappa shape index (κ2) is 6.28. The average Bonchev–Trinajstić information content (AvgIpc) is 3.25. The van der Waals surface area contributed by atoms with Crippen molar-refractivity contribution >= 4 is 23.2 Å². The Kier molecular flexibility index (Phi) is 4.07. The van der Waals surface area contributed by atoms with Gasteiger partial charge in [0.2, 0.25) is 0 Å². The number of aryl methyl sites for hydroxylation is 1. The van der Waals surface area contributed by atoms with E-state index in [2.05, 4.69) is 20.3 Å². The largest absolute Gasteiger partial charge is 0.337 e. The molecule has 1 saturated heterocycles. The third-order valence-electron chi connectivity index (χ3n) is 5.06. The van der Waals surface area contributed by atoms with E-state index in [1.807, 2.05) is 13.0 Å². The summed E-state index contributed by atoms with van der Waals surface area (Å²) in [6.07, 6.45) is 3.23. The third kappa shape index (κ3) is 2.70. The lowest BCUT2D eigenvalue weighted by molar-refractivity contribution is 0.0700. The quantitative estimate of drug-likeness (QED) is 0.716. The molecular weight excluding hydrogens is 356 g/mol. The first-order valence-electron chi connectivity index (χ1n) is 8.52. The molecule has 4 rings (SSSR count). The predicted molar refractivity (Wildman–Crippen MR) is 96.8 cm³/mol. The van der Waals surface area contributed by atoms with Crippen LogP contribution in [0, 0.1) is 13.8 Å². The highest BCUT2D eigenvalue weighted by atomic mass is 35.5. The molecule has 0 radical (unpaired) electrons. The van der Waals surface area contributed by atoms with Crippen LogP contribution in [0.3, 0.4) is 0 Å². The molecule has 1 fully saturated rings. The van der Waals surface area contributed by atoms with Gasteiger partial charge in [-0.1, -0.05) is 11.6 Å². The van der Waals surface area contributed by atoms with Gasteiger partial charge in [-0.15, -0.1) is 0 Å². The number of carbonyl (C=O) groups excluding carboxylic acids is 1. The first-order chi connectivity index (χ1) is 12.5. The van der Waals surface area contributed by atoms with Crippen LogP contribution in [0.1, 0.15) is 46.2 Å². The SMILES string of the molecule is Cc1nc2cc(C3CCCN(C(=O)c4[nH]ncc4Cl)C3)[nH]n2c(=O)c1C. The molecule has 4 heterocycles. The molecule has 1 unspecified atom stereocenters. The van der Waals surface area contributed by atoms with Crippen molar-refractivity contribution in [2.75, 3.05) is 13.1 Å². The lowest BCUT2D eigenvalue weighted by atomic mass is 9.94. The minimum Gasteiger partial charge on any atom is -0.337 e. The summed E-state index contributed by atoms with van der Waals surface area (Å²) in [6.45, 7) is 4.82. The molecule has 26 heavy (non-hydrogen) atoms. The van der Waals surface area contributed by atoms with Crippen molar-refractivity contribution in [2.24, 2.45) is 0 Å². The number of likely N-dealkylation sites (tertiary alicyclic amines) is 1. The molecule has 1 aliphatic rings. The Hall–Kier alpha value is -2.61. The van der Waals surface area contributed by atoms with Crippen LogP contribution < -0.4 is 5.56 Å². The van der Waals surface area contributed by atoms with E-state index in [0.717, 1.165) is 24.2 Å². The minimum atomic E-state index is -0.157. The Bertz CT molecular complexity index is 1050. The summed E-state index contributed by atoms with van der Waals surface area (Å²) >= 11 is 6.01. The molecule has 0 saturated carbocycles. The van der Waals surface area contributed by atoms with Gasteiger partial charge in [-0.2, -0.15) is 5.10 Å². The lowest BCUT2D eigenvalue weighted by Gasteiger charge is -2.32. The van der Waals surface area contributed by atoms with Crippen molar-refractivity contribution in [3.8, 4) is 0 Å². The van der Waals surface area contributed by atoms with E-state index in [1.54, 1.807) is 11.8 Å². The smallest absolute Gasteiger partial charge is 0.275 e. The fourth-order valence-corrected chi connectivity index (χ4v) is 3.61. The number of amides is 1. The number of hydrogen-bond acceptors (Lipinski definition) is 4. The van der Waals surface area contributed by atoms with Crippen LogP contribution in [0.25, 0.3) is 5.65 Å². The maximum Gasteiger partial charge on any atom is 0.275 e. The fourth-order valence-electron chi connectivity index (χ4n) is 3.44. The normalized spacial score (nSPS) is 17.8. The van der Waals surface area contributed by atoms with Gasteiger partial charge in [0.05, 0.1) is 11.2 Å². The Morgan fingerprint density at radius 1 is 1.38 bits per heavy atom.